The van der Waals surface area contributed by atoms with Crippen molar-refractivity contribution in [2.24, 2.45) is 4.99 Å². The number of thioether (sulfide) groups is 1. The van der Waals surface area contributed by atoms with Gasteiger partial charge in [0.1, 0.15) is 0 Å². The zero-order valence-corrected chi connectivity index (χ0v) is 14.2. The van der Waals surface area contributed by atoms with E-state index in [1.54, 1.807) is 17.8 Å². The van der Waals surface area contributed by atoms with Gasteiger partial charge in [-0.25, -0.2) is 8.42 Å². The summed E-state index contributed by atoms with van der Waals surface area (Å²) in [4.78, 5) is 18.2. The predicted molar refractivity (Wildman–Crippen MR) is 90.7 cm³/mol. The molecule has 0 saturated carbocycles. The molecule has 2 atom stereocenters. The largest absolute Gasteiger partial charge is 0.315 e. The minimum absolute atomic E-state index is 0.00160. The third-order valence-electron chi connectivity index (χ3n) is 3.91. The van der Waals surface area contributed by atoms with Gasteiger partial charge in [-0.15, -0.1) is 0 Å². The Kier molecular flexibility index (Phi) is 4.03. The summed E-state index contributed by atoms with van der Waals surface area (Å²) < 4.78 is 23.8. The van der Waals surface area contributed by atoms with E-state index < -0.39 is 9.84 Å². The number of amidine groups is 1. The number of aliphatic imine (C=N–C) groups is 1. The van der Waals surface area contributed by atoms with Crippen LogP contribution in [-0.2, 0) is 9.84 Å². The maximum atomic E-state index is 11.9. The summed E-state index contributed by atoms with van der Waals surface area (Å²) in [5.74, 6) is 1.11. The van der Waals surface area contributed by atoms with Gasteiger partial charge in [0, 0.05) is 11.3 Å². The van der Waals surface area contributed by atoms with E-state index in [1.165, 1.54) is 6.92 Å². The van der Waals surface area contributed by atoms with Crippen molar-refractivity contribution in [3.63, 3.8) is 0 Å². The van der Waals surface area contributed by atoms with E-state index in [-0.39, 0.29) is 29.4 Å². The van der Waals surface area contributed by atoms with Crippen LogP contribution in [0.3, 0.4) is 0 Å². The van der Waals surface area contributed by atoms with Crippen LogP contribution in [0.1, 0.15) is 24.2 Å². The van der Waals surface area contributed by atoms with Crippen molar-refractivity contribution in [2.75, 3.05) is 22.2 Å². The van der Waals surface area contributed by atoms with Gasteiger partial charge in [0.2, 0.25) is 0 Å². The zero-order valence-electron chi connectivity index (χ0n) is 12.5. The molecule has 0 N–H and O–H groups in total. The second-order valence-corrected chi connectivity index (χ2v) is 8.92. The van der Waals surface area contributed by atoms with Crippen LogP contribution in [0.5, 0.6) is 0 Å². The molecular weight excluding hydrogens is 320 g/mol. The zero-order chi connectivity index (χ0) is 15.9. The number of anilines is 1. The van der Waals surface area contributed by atoms with Crippen molar-refractivity contribution < 1.29 is 13.2 Å². The molecule has 0 unspecified atom stereocenters. The van der Waals surface area contributed by atoms with Gasteiger partial charge in [-0.05, 0) is 24.8 Å². The van der Waals surface area contributed by atoms with Crippen molar-refractivity contribution in [3.8, 4) is 0 Å². The highest BCUT2D eigenvalue weighted by Gasteiger charge is 2.47. The van der Waals surface area contributed by atoms with Crippen LogP contribution in [0.4, 0.5) is 5.69 Å². The first kappa shape index (κ1) is 15.6. The molecule has 2 aliphatic heterocycles. The van der Waals surface area contributed by atoms with Crippen molar-refractivity contribution in [3.05, 3.63) is 29.8 Å². The molecule has 0 aliphatic carbocycles. The number of sulfone groups is 1. The average Bonchev–Trinajstić information content (AvgIpc) is 2.90. The second kappa shape index (κ2) is 5.70. The molecule has 1 fully saturated rings. The van der Waals surface area contributed by atoms with E-state index in [9.17, 15) is 13.2 Å². The van der Waals surface area contributed by atoms with Crippen molar-refractivity contribution in [2.45, 2.75) is 25.9 Å². The Morgan fingerprint density at radius 3 is 2.86 bits per heavy atom. The molecule has 2 aliphatic rings. The molecule has 0 amide bonds. The number of fused-ring (bicyclic) bond motifs is 1. The smallest absolute Gasteiger partial charge is 0.164 e. The van der Waals surface area contributed by atoms with Crippen molar-refractivity contribution in [1.82, 2.24) is 0 Å². The van der Waals surface area contributed by atoms with Crippen molar-refractivity contribution >= 4 is 38.2 Å². The number of hydrogen-bond acceptors (Lipinski definition) is 6. The molecule has 1 aromatic rings. The number of Topliss-reactive ketones (excluding diaryl/α,β-unsaturated/α-hetero) is 1. The van der Waals surface area contributed by atoms with Gasteiger partial charge in [-0.1, -0.05) is 30.8 Å². The number of hydrogen-bond donors (Lipinski definition) is 0. The highest BCUT2D eigenvalue weighted by Crippen LogP contribution is 2.35. The molecule has 0 bridgehead atoms. The first-order valence-corrected chi connectivity index (χ1v) is 10.0. The van der Waals surface area contributed by atoms with Crippen LogP contribution in [0.15, 0.2) is 29.3 Å². The number of nitrogens with zero attached hydrogens (tertiary/aromatic N) is 2. The summed E-state index contributed by atoms with van der Waals surface area (Å²) in [6.45, 7) is 3.57. The SMILES string of the molecule is CCSC1=N[C@@H]2CS(=O)(=O)C[C@@H]2N1c1cccc(C(C)=O)c1. The predicted octanol–water partition coefficient (Wildman–Crippen LogP) is 1.98. The van der Waals surface area contributed by atoms with Crippen LogP contribution in [-0.4, -0.2) is 48.7 Å². The van der Waals surface area contributed by atoms with E-state index in [4.69, 9.17) is 0 Å². The quantitative estimate of drug-likeness (QED) is 0.789. The molecule has 22 heavy (non-hydrogen) atoms. The topological polar surface area (TPSA) is 66.8 Å². The maximum Gasteiger partial charge on any atom is 0.164 e. The van der Waals surface area contributed by atoms with Crippen LogP contribution in [0.2, 0.25) is 0 Å². The molecule has 118 valence electrons. The second-order valence-electron chi connectivity index (χ2n) is 5.53. The lowest BCUT2D eigenvalue weighted by molar-refractivity contribution is 0.101. The van der Waals surface area contributed by atoms with Gasteiger partial charge in [0.25, 0.3) is 0 Å². The summed E-state index contributed by atoms with van der Waals surface area (Å²) in [7, 11) is -3.04. The molecule has 1 saturated heterocycles. The van der Waals surface area contributed by atoms with Gasteiger partial charge in [-0.3, -0.25) is 9.79 Å². The van der Waals surface area contributed by atoms with Gasteiger partial charge >= 0.3 is 0 Å². The summed E-state index contributed by atoms with van der Waals surface area (Å²) in [6.07, 6.45) is 0. The lowest BCUT2D eigenvalue weighted by Gasteiger charge is -2.26. The summed E-state index contributed by atoms with van der Waals surface area (Å²) in [5.41, 5.74) is 1.47. The van der Waals surface area contributed by atoms with Gasteiger partial charge in [-0.2, -0.15) is 0 Å². The van der Waals surface area contributed by atoms with Crippen LogP contribution >= 0.6 is 11.8 Å². The minimum Gasteiger partial charge on any atom is -0.315 e. The van der Waals surface area contributed by atoms with Gasteiger partial charge in [0.05, 0.1) is 23.6 Å². The molecular formula is C15H18N2O3S2. The van der Waals surface area contributed by atoms with E-state index in [0.717, 1.165) is 16.6 Å². The highest BCUT2D eigenvalue weighted by atomic mass is 32.2. The highest BCUT2D eigenvalue weighted by molar-refractivity contribution is 8.14. The molecule has 2 heterocycles. The molecule has 0 radical (unpaired) electrons. The molecule has 1 aromatic carbocycles. The molecule has 7 heteroatoms. The maximum absolute atomic E-state index is 11.9. The third-order valence-corrected chi connectivity index (χ3v) is 6.46. The Morgan fingerprint density at radius 2 is 2.18 bits per heavy atom. The minimum atomic E-state index is -3.04. The van der Waals surface area contributed by atoms with Crippen LogP contribution in [0, 0.1) is 0 Å². The number of ketones is 1. The van der Waals surface area contributed by atoms with Gasteiger partial charge in [0.15, 0.2) is 20.8 Å². The Hall–Kier alpha value is -1.34. The fourth-order valence-electron chi connectivity index (χ4n) is 2.94. The number of rotatable bonds is 3. The van der Waals surface area contributed by atoms with Crippen LogP contribution < -0.4 is 4.90 Å². The van der Waals surface area contributed by atoms with E-state index in [0.29, 0.717) is 5.56 Å². The lowest BCUT2D eigenvalue weighted by Crippen LogP contribution is -2.39. The van der Waals surface area contributed by atoms with E-state index in [1.807, 2.05) is 30.0 Å². The number of carbonyl (C=O) groups excluding carboxylic acids is 1. The monoisotopic (exact) mass is 338 g/mol. The van der Waals surface area contributed by atoms with E-state index in [2.05, 4.69) is 4.99 Å². The number of carbonyl (C=O) groups is 1. The summed E-state index contributed by atoms with van der Waals surface area (Å²) >= 11 is 1.61. The lowest BCUT2D eigenvalue weighted by atomic mass is 10.1. The Labute approximate surface area is 134 Å². The van der Waals surface area contributed by atoms with Crippen molar-refractivity contribution in [1.29, 1.82) is 0 Å². The van der Waals surface area contributed by atoms with E-state index >= 15 is 0 Å². The molecule has 0 spiro atoms. The van der Waals surface area contributed by atoms with Gasteiger partial charge < -0.3 is 4.90 Å². The Balaban J connectivity index is 2.01. The first-order valence-electron chi connectivity index (χ1n) is 7.22. The third kappa shape index (κ3) is 2.79. The summed E-state index contributed by atoms with van der Waals surface area (Å²) in [6, 6.07) is 6.99. The number of benzene rings is 1. The Morgan fingerprint density at radius 1 is 1.41 bits per heavy atom. The Bertz CT molecular complexity index is 743. The average molecular weight is 338 g/mol. The molecule has 3 rings (SSSR count). The first-order chi connectivity index (χ1) is 10.4. The molecule has 0 aromatic heterocycles. The fraction of sp³-hybridized carbons (Fsp3) is 0.467. The normalized spacial score (nSPS) is 25.9. The molecule has 5 nitrogen and oxygen atoms in total. The standard InChI is InChI=1S/C15H18N2O3S2/c1-3-21-15-16-13-8-22(19,20)9-14(13)17(15)12-6-4-5-11(7-12)10(2)18/h4-7,13-14H,3,8-9H2,1-2H3/t13-,14+/m1/s1. The van der Waals surface area contributed by atoms with Crippen LogP contribution in [0.25, 0.3) is 0 Å². The fourth-order valence-corrected chi connectivity index (χ4v) is 5.63. The summed E-state index contributed by atoms with van der Waals surface area (Å²) in [5, 5.41) is 0.855.